The molecule has 0 saturated carbocycles. The molecule has 0 fully saturated rings. The SMILES string of the molecule is C(#CC1=CCCC1)CSCC#Cc1ccccc1. The lowest BCUT2D eigenvalue weighted by Gasteiger charge is -1.88. The smallest absolute Gasteiger partial charge is 0.0560 e. The zero-order chi connectivity index (χ0) is 12.5. The van der Waals surface area contributed by atoms with Crippen molar-refractivity contribution in [3.8, 4) is 23.7 Å². The first kappa shape index (κ1) is 12.9. The largest absolute Gasteiger partial charge is 0.136 e. The van der Waals surface area contributed by atoms with Crippen molar-refractivity contribution in [1.29, 1.82) is 0 Å². The van der Waals surface area contributed by atoms with Gasteiger partial charge in [0.25, 0.3) is 0 Å². The van der Waals surface area contributed by atoms with Crippen LogP contribution in [0, 0.1) is 23.7 Å². The number of rotatable bonds is 2. The van der Waals surface area contributed by atoms with E-state index in [1.807, 2.05) is 30.3 Å². The molecule has 1 aliphatic rings. The van der Waals surface area contributed by atoms with Crippen LogP contribution in [-0.4, -0.2) is 11.5 Å². The Morgan fingerprint density at radius 2 is 1.78 bits per heavy atom. The summed E-state index contributed by atoms with van der Waals surface area (Å²) in [5.74, 6) is 14.5. The fourth-order valence-corrected chi connectivity index (χ4v) is 2.20. The molecule has 0 aliphatic heterocycles. The van der Waals surface area contributed by atoms with E-state index in [-0.39, 0.29) is 0 Å². The highest BCUT2D eigenvalue weighted by Crippen LogP contribution is 2.16. The molecule has 0 radical (unpaired) electrons. The van der Waals surface area contributed by atoms with Gasteiger partial charge in [-0.15, -0.1) is 11.8 Å². The zero-order valence-electron chi connectivity index (χ0n) is 10.4. The van der Waals surface area contributed by atoms with Gasteiger partial charge in [0, 0.05) is 5.56 Å². The van der Waals surface area contributed by atoms with Crippen LogP contribution in [0.1, 0.15) is 24.8 Å². The molecule has 0 aromatic heterocycles. The van der Waals surface area contributed by atoms with Crippen molar-refractivity contribution >= 4 is 11.8 Å². The van der Waals surface area contributed by atoms with Gasteiger partial charge in [0.2, 0.25) is 0 Å². The molecule has 1 aromatic rings. The molecule has 0 bridgehead atoms. The third-order valence-electron chi connectivity index (χ3n) is 2.64. The van der Waals surface area contributed by atoms with Crippen molar-refractivity contribution in [3.63, 3.8) is 0 Å². The van der Waals surface area contributed by atoms with E-state index in [1.54, 1.807) is 11.8 Å². The Balaban J connectivity index is 1.66. The molecule has 1 heteroatoms. The Hall–Kier alpha value is -1.57. The summed E-state index contributed by atoms with van der Waals surface area (Å²) in [5, 5.41) is 0. The summed E-state index contributed by atoms with van der Waals surface area (Å²) in [6.45, 7) is 0. The molecule has 0 unspecified atom stereocenters. The fraction of sp³-hybridized carbons (Fsp3) is 0.294. The quantitative estimate of drug-likeness (QED) is 0.568. The normalized spacial score (nSPS) is 13.0. The Bertz CT molecular complexity index is 517. The van der Waals surface area contributed by atoms with E-state index in [0.29, 0.717) is 0 Å². The first-order valence-electron chi connectivity index (χ1n) is 6.25. The molecule has 0 saturated heterocycles. The summed E-state index contributed by atoms with van der Waals surface area (Å²) in [7, 11) is 0. The summed E-state index contributed by atoms with van der Waals surface area (Å²) >= 11 is 1.78. The van der Waals surface area contributed by atoms with Gasteiger partial charge in [-0.3, -0.25) is 0 Å². The van der Waals surface area contributed by atoms with Crippen molar-refractivity contribution in [2.24, 2.45) is 0 Å². The maximum absolute atomic E-state index is 3.23. The number of allylic oxidation sites excluding steroid dienone is 2. The molecule has 0 spiro atoms. The summed E-state index contributed by atoms with van der Waals surface area (Å²) in [6.07, 6.45) is 5.91. The van der Waals surface area contributed by atoms with Gasteiger partial charge >= 0.3 is 0 Å². The van der Waals surface area contributed by atoms with E-state index in [2.05, 4.69) is 29.8 Å². The predicted molar refractivity (Wildman–Crippen MR) is 80.4 cm³/mol. The lowest BCUT2D eigenvalue weighted by atomic mass is 10.2. The minimum absolute atomic E-state index is 0.850. The van der Waals surface area contributed by atoms with E-state index in [9.17, 15) is 0 Å². The molecule has 1 aromatic carbocycles. The second kappa shape index (κ2) is 7.70. The van der Waals surface area contributed by atoms with Gasteiger partial charge in [0.1, 0.15) is 0 Å². The Morgan fingerprint density at radius 1 is 1.00 bits per heavy atom. The molecule has 0 amide bonds. The van der Waals surface area contributed by atoms with Crippen LogP contribution in [0.5, 0.6) is 0 Å². The Kier molecular flexibility index (Phi) is 5.51. The number of benzene rings is 1. The van der Waals surface area contributed by atoms with Crippen molar-refractivity contribution in [3.05, 3.63) is 47.5 Å². The molecule has 18 heavy (non-hydrogen) atoms. The fourth-order valence-electron chi connectivity index (χ4n) is 1.75. The van der Waals surface area contributed by atoms with Crippen LogP contribution in [0.4, 0.5) is 0 Å². The lowest BCUT2D eigenvalue weighted by Crippen LogP contribution is -1.78. The Morgan fingerprint density at radius 3 is 2.50 bits per heavy atom. The van der Waals surface area contributed by atoms with Crippen molar-refractivity contribution in [2.45, 2.75) is 19.3 Å². The minimum Gasteiger partial charge on any atom is -0.136 e. The second-order valence-corrected chi connectivity index (χ2v) is 5.07. The van der Waals surface area contributed by atoms with Gasteiger partial charge in [0.15, 0.2) is 0 Å². The molecule has 0 heterocycles. The van der Waals surface area contributed by atoms with Gasteiger partial charge in [0.05, 0.1) is 11.5 Å². The van der Waals surface area contributed by atoms with E-state index in [4.69, 9.17) is 0 Å². The summed E-state index contributed by atoms with van der Waals surface area (Å²) in [4.78, 5) is 0. The highest BCUT2D eigenvalue weighted by molar-refractivity contribution is 7.99. The average Bonchev–Trinajstić information content (AvgIpc) is 2.92. The number of hydrogen-bond acceptors (Lipinski definition) is 1. The van der Waals surface area contributed by atoms with E-state index < -0.39 is 0 Å². The maximum atomic E-state index is 3.23. The highest BCUT2D eigenvalue weighted by Gasteiger charge is 1.99. The minimum atomic E-state index is 0.850. The van der Waals surface area contributed by atoms with Crippen LogP contribution in [0.25, 0.3) is 0 Å². The Labute approximate surface area is 114 Å². The molecule has 0 nitrogen and oxygen atoms in total. The molecule has 0 atom stereocenters. The standard InChI is InChI=1S/C17H16S/c1-2-8-16(9-3-1)12-6-14-18-15-7-13-17-10-4-5-11-17/h1-3,8-10H,4-5,11,14-15H2. The summed E-state index contributed by atoms with van der Waals surface area (Å²) in [6, 6.07) is 10.1. The van der Waals surface area contributed by atoms with Crippen LogP contribution < -0.4 is 0 Å². The van der Waals surface area contributed by atoms with Crippen LogP contribution in [0.2, 0.25) is 0 Å². The summed E-state index contributed by atoms with van der Waals surface area (Å²) < 4.78 is 0. The lowest BCUT2D eigenvalue weighted by molar-refractivity contribution is 0.919. The molecule has 90 valence electrons. The van der Waals surface area contributed by atoms with Gasteiger partial charge in [-0.05, 0) is 37.0 Å². The van der Waals surface area contributed by atoms with Crippen LogP contribution >= 0.6 is 11.8 Å². The van der Waals surface area contributed by atoms with Crippen LogP contribution in [-0.2, 0) is 0 Å². The van der Waals surface area contributed by atoms with E-state index in [1.165, 1.54) is 24.8 Å². The number of hydrogen-bond donors (Lipinski definition) is 0. The van der Waals surface area contributed by atoms with Gasteiger partial charge in [-0.2, -0.15) is 0 Å². The second-order valence-electron chi connectivity index (χ2n) is 4.08. The number of thioether (sulfide) groups is 1. The van der Waals surface area contributed by atoms with Crippen LogP contribution in [0.3, 0.4) is 0 Å². The molecule has 0 N–H and O–H groups in total. The molecular weight excluding hydrogens is 236 g/mol. The predicted octanol–water partition coefficient (Wildman–Crippen LogP) is 3.89. The maximum Gasteiger partial charge on any atom is 0.0560 e. The third-order valence-corrected chi connectivity index (χ3v) is 3.34. The zero-order valence-corrected chi connectivity index (χ0v) is 11.2. The molecular formula is C17H16S. The van der Waals surface area contributed by atoms with Crippen molar-refractivity contribution in [1.82, 2.24) is 0 Å². The summed E-state index contributed by atoms with van der Waals surface area (Å²) in [5.41, 5.74) is 2.41. The third kappa shape index (κ3) is 4.74. The topological polar surface area (TPSA) is 0 Å². The van der Waals surface area contributed by atoms with E-state index >= 15 is 0 Å². The first-order valence-corrected chi connectivity index (χ1v) is 7.40. The first-order chi connectivity index (χ1) is 8.95. The van der Waals surface area contributed by atoms with Gasteiger partial charge in [-0.1, -0.05) is 48.0 Å². The molecule has 2 rings (SSSR count). The average molecular weight is 252 g/mol. The molecule has 1 aliphatic carbocycles. The van der Waals surface area contributed by atoms with Gasteiger partial charge < -0.3 is 0 Å². The van der Waals surface area contributed by atoms with Crippen molar-refractivity contribution in [2.75, 3.05) is 11.5 Å². The van der Waals surface area contributed by atoms with Gasteiger partial charge in [-0.25, -0.2) is 0 Å². The van der Waals surface area contributed by atoms with E-state index in [0.717, 1.165) is 17.1 Å². The van der Waals surface area contributed by atoms with Crippen molar-refractivity contribution < 1.29 is 0 Å². The van der Waals surface area contributed by atoms with Crippen LogP contribution in [0.15, 0.2) is 42.0 Å². The monoisotopic (exact) mass is 252 g/mol. The highest BCUT2D eigenvalue weighted by atomic mass is 32.2.